The van der Waals surface area contributed by atoms with Gasteiger partial charge < -0.3 is 20.4 Å². The van der Waals surface area contributed by atoms with Crippen LogP contribution in [0.4, 0.5) is 5.69 Å². The van der Waals surface area contributed by atoms with Gasteiger partial charge in [-0.15, -0.1) is 0 Å². The number of piperidine rings is 2. The van der Waals surface area contributed by atoms with Crippen molar-refractivity contribution in [3.05, 3.63) is 30.3 Å². The van der Waals surface area contributed by atoms with Gasteiger partial charge in [-0.3, -0.25) is 0 Å². The third kappa shape index (κ3) is 2.86. The van der Waals surface area contributed by atoms with E-state index in [2.05, 4.69) is 39.5 Å². The summed E-state index contributed by atoms with van der Waals surface area (Å²) >= 11 is 5.62. The van der Waals surface area contributed by atoms with Gasteiger partial charge in [0.2, 0.25) is 0 Å². The average molecular weight is 331 g/mol. The highest BCUT2D eigenvalue weighted by atomic mass is 32.1. The van der Waals surface area contributed by atoms with Gasteiger partial charge in [0.15, 0.2) is 5.11 Å². The number of fused-ring (bicyclic) bond motifs is 1. The molecule has 4 heterocycles. The normalized spacial score (nSPS) is 38.1. The summed E-state index contributed by atoms with van der Waals surface area (Å²) in [6.07, 6.45) is 1.21. The van der Waals surface area contributed by atoms with Crippen molar-refractivity contribution < 1.29 is 0 Å². The minimum atomic E-state index is 0.333. The second-order valence-electron chi connectivity index (χ2n) is 7.39. The molecule has 0 amide bonds. The van der Waals surface area contributed by atoms with E-state index in [1.54, 1.807) is 0 Å². The molecule has 0 aliphatic carbocycles. The lowest BCUT2D eigenvalue weighted by molar-refractivity contribution is -0.0268. The Hall–Kier alpha value is -1.17. The van der Waals surface area contributed by atoms with Crippen LogP contribution in [0.3, 0.4) is 0 Å². The zero-order valence-corrected chi connectivity index (χ0v) is 14.6. The Morgan fingerprint density at radius 1 is 1.17 bits per heavy atom. The van der Waals surface area contributed by atoms with E-state index in [1.807, 2.05) is 18.2 Å². The molecule has 0 saturated carbocycles. The molecule has 0 radical (unpaired) electrons. The van der Waals surface area contributed by atoms with Crippen LogP contribution in [-0.2, 0) is 0 Å². The number of nitrogens with one attached hydrogen (secondary N) is 2. The summed E-state index contributed by atoms with van der Waals surface area (Å²) in [6, 6.07) is 10.7. The highest BCUT2D eigenvalue weighted by Gasteiger charge is 2.53. The molecule has 1 aromatic carbocycles. The summed E-state index contributed by atoms with van der Waals surface area (Å²) in [5, 5.41) is 7.82. The molecule has 4 nitrogen and oxygen atoms in total. The van der Waals surface area contributed by atoms with Gasteiger partial charge in [-0.05, 0) is 30.8 Å². The van der Waals surface area contributed by atoms with Crippen LogP contribution in [0.1, 0.15) is 13.3 Å². The summed E-state index contributed by atoms with van der Waals surface area (Å²) in [5.74, 6) is 0.676. The van der Waals surface area contributed by atoms with Crippen LogP contribution in [0.2, 0.25) is 0 Å². The van der Waals surface area contributed by atoms with Crippen molar-refractivity contribution in [1.82, 2.24) is 15.1 Å². The van der Waals surface area contributed by atoms with E-state index in [9.17, 15) is 0 Å². The van der Waals surface area contributed by atoms with Gasteiger partial charge in [0.1, 0.15) is 0 Å². The number of para-hydroxylation sites is 1. The molecular weight excluding hydrogens is 304 g/mol. The van der Waals surface area contributed by atoms with Gasteiger partial charge in [-0.25, -0.2) is 0 Å². The van der Waals surface area contributed by atoms with Crippen LogP contribution in [0, 0.1) is 11.3 Å². The van der Waals surface area contributed by atoms with Crippen molar-refractivity contribution >= 4 is 23.0 Å². The van der Waals surface area contributed by atoms with Crippen LogP contribution in [-0.4, -0.2) is 60.2 Å². The molecule has 0 aromatic heterocycles. The fraction of sp³-hybridized carbons (Fsp3) is 0.611. The minimum Gasteiger partial charge on any atom is -0.359 e. The zero-order valence-electron chi connectivity index (χ0n) is 13.8. The maximum Gasteiger partial charge on any atom is 0.171 e. The summed E-state index contributed by atoms with van der Waals surface area (Å²) in [7, 11) is 0. The first-order chi connectivity index (χ1) is 11.2. The first-order valence-corrected chi connectivity index (χ1v) is 9.17. The smallest absolute Gasteiger partial charge is 0.171 e. The monoisotopic (exact) mass is 330 g/mol. The molecule has 2 N–H and O–H groups in total. The molecule has 2 unspecified atom stereocenters. The summed E-state index contributed by atoms with van der Waals surface area (Å²) < 4.78 is 0. The number of anilines is 1. The number of hydrogen-bond acceptors (Lipinski definition) is 3. The van der Waals surface area contributed by atoms with E-state index in [1.165, 1.54) is 45.7 Å². The molecule has 5 rings (SSSR count). The van der Waals surface area contributed by atoms with E-state index in [4.69, 9.17) is 12.2 Å². The molecule has 4 saturated heterocycles. The summed E-state index contributed by atoms with van der Waals surface area (Å²) in [5.41, 5.74) is 1.39. The predicted molar refractivity (Wildman–Crippen MR) is 98.7 cm³/mol. The lowest BCUT2D eigenvalue weighted by Gasteiger charge is -2.55. The van der Waals surface area contributed by atoms with Crippen molar-refractivity contribution in [3.8, 4) is 0 Å². The van der Waals surface area contributed by atoms with Gasteiger partial charge in [0.25, 0.3) is 0 Å². The molecule has 4 bridgehead atoms. The second kappa shape index (κ2) is 6.04. The lowest BCUT2D eigenvalue weighted by Crippen LogP contribution is -2.68. The molecular formula is C18H26N4S. The molecule has 4 aliphatic heterocycles. The zero-order chi connectivity index (χ0) is 15.9. The third-order valence-corrected chi connectivity index (χ3v) is 6.17. The third-order valence-electron chi connectivity index (χ3n) is 5.95. The Morgan fingerprint density at radius 2 is 1.83 bits per heavy atom. The predicted octanol–water partition coefficient (Wildman–Crippen LogP) is 2.00. The van der Waals surface area contributed by atoms with Gasteiger partial charge in [-0.1, -0.05) is 25.1 Å². The first-order valence-electron chi connectivity index (χ1n) is 8.76. The van der Waals surface area contributed by atoms with Crippen LogP contribution in [0.5, 0.6) is 0 Å². The van der Waals surface area contributed by atoms with E-state index < -0.39 is 0 Å². The average Bonchev–Trinajstić information content (AvgIpc) is 2.80. The van der Waals surface area contributed by atoms with E-state index in [0.29, 0.717) is 17.4 Å². The van der Waals surface area contributed by atoms with Crippen molar-refractivity contribution in [3.63, 3.8) is 0 Å². The lowest BCUT2D eigenvalue weighted by atomic mass is 9.66. The van der Waals surface area contributed by atoms with Gasteiger partial charge in [0.05, 0.1) is 0 Å². The molecule has 124 valence electrons. The Morgan fingerprint density at radius 3 is 2.43 bits per heavy atom. The van der Waals surface area contributed by atoms with Crippen molar-refractivity contribution in [1.29, 1.82) is 0 Å². The summed E-state index contributed by atoms with van der Waals surface area (Å²) in [6.45, 7) is 9.66. The molecule has 4 aliphatic rings. The molecule has 3 atom stereocenters. The number of hydrogen-bond donors (Lipinski definition) is 2. The Bertz CT molecular complexity index is 560. The minimum absolute atomic E-state index is 0.333. The van der Waals surface area contributed by atoms with E-state index in [-0.39, 0.29) is 0 Å². The van der Waals surface area contributed by atoms with Crippen molar-refractivity contribution in [2.45, 2.75) is 19.4 Å². The van der Waals surface area contributed by atoms with Crippen LogP contribution in [0.15, 0.2) is 30.3 Å². The van der Waals surface area contributed by atoms with Crippen molar-refractivity contribution in [2.75, 3.05) is 44.6 Å². The van der Waals surface area contributed by atoms with Gasteiger partial charge >= 0.3 is 0 Å². The first kappa shape index (κ1) is 15.4. The Kier molecular flexibility index (Phi) is 4.03. The topological polar surface area (TPSA) is 30.5 Å². The number of rotatable bonds is 3. The van der Waals surface area contributed by atoms with Gasteiger partial charge in [-0.2, -0.15) is 0 Å². The molecule has 5 heteroatoms. The Labute approximate surface area is 144 Å². The fourth-order valence-corrected chi connectivity index (χ4v) is 5.11. The molecule has 0 spiro atoms. The number of benzene rings is 1. The van der Waals surface area contributed by atoms with Gasteiger partial charge in [0, 0.05) is 62.3 Å². The molecule has 4 fully saturated rings. The van der Waals surface area contributed by atoms with Crippen molar-refractivity contribution in [2.24, 2.45) is 11.3 Å². The Balaban J connectivity index is 1.50. The fourth-order valence-electron chi connectivity index (χ4n) is 4.87. The molecule has 1 aromatic rings. The maximum absolute atomic E-state index is 5.62. The molecule has 23 heavy (non-hydrogen) atoms. The van der Waals surface area contributed by atoms with E-state index in [0.717, 1.165) is 10.8 Å². The summed E-state index contributed by atoms with van der Waals surface area (Å²) in [4.78, 5) is 5.35. The standard InChI is InChI=1S/C18H26N4S/c1-2-18-12-21-8-9-22(13-18)11-14(10-21)16(18)20-17(23)19-15-6-4-3-5-7-15/h3-7,14,16H,2,8-13H2,1H3,(H2,19,20,23)/t14?,16-,18?/m0/s1. The highest BCUT2D eigenvalue weighted by Crippen LogP contribution is 2.43. The SMILES string of the molecule is CCC12CN3CCN(CC(C3)[C@@H]1NC(=S)Nc1ccccc1)C2. The number of nitrogens with zero attached hydrogens (tertiary/aromatic N) is 2. The van der Waals surface area contributed by atoms with Crippen LogP contribution in [0.25, 0.3) is 0 Å². The highest BCUT2D eigenvalue weighted by molar-refractivity contribution is 7.80. The van der Waals surface area contributed by atoms with Crippen LogP contribution < -0.4 is 10.6 Å². The second-order valence-corrected chi connectivity index (χ2v) is 7.80. The van der Waals surface area contributed by atoms with Crippen LogP contribution >= 0.6 is 12.2 Å². The van der Waals surface area contributed by atoms with E-state index >= 15 is 0 Å². The largest absolute Gasteiger partial charge is 0.359 e. The maximum atomic E-state index is 5.62. The quantitative estimate of drug-likeness (QED) is 0.828. The number of thiocarbonyl (C=S) groups is 1.